The van der Waals surface area contributed by atoms with Crippen LogP contribution in [0, 0.1) is 0 Å². The van der Waals surface area contributed by atoms with Gasteiger partial charge in [0.2, 0.25) is 0 Å². The molecule has 1 aliphatic rings. The normalized spacial score (nSPS) is 18.8. The molecule has 4 heteroatoms. The molecule has 1 saturated heterocycles. The number of piperidine rings is 1. The van der Waals surface area contributed by atoms with E-state index in [0.29, 0.717) is 12.1 Å². The van der Waals surface area contributed by atoms with Gasteiger partial charge in [-0.3, -0.25) is 0 Å². The molecule has 0 aliphatic carbocycles. The molecule has 1 aromatic rings. The minimum atomic E-state index is 0.574. The molecule has 2 rings (SSSR count). The summed E-state index contributed by atoms with van der Waals surface area (Å²) in [5.41, 5.74) is 6.82. The number of benzene rings is 1. The van der Waals surface area contributed by atoms with Crippen molar-refractivity contribution >= 4 is 5.69 Å². The average molecular weight is 277 g/mol. The van der Waals surface area contributed by atoms with Crippen LogP contribution in [0.2, 0.25) is 0 Å². The molecule has 3 N–H and O–H groups in total. The van der Waals surface area contributed by atoms with E-state index in [2.05, 4.69) is 29.3 Å². The van der Waals surface area contributed by atoms with Crippen LogP contribution >= 0.6 is 0 Å². The van der Waals surface area contributed by atoms with Gasteiger partial charge in [0.25, 0.3) is 0 Å². The lowest BCUT2D eigenvalue weighted by Crippen LogP contribution is -2.44. The van der Waals surface area contributed by atoms with Crippen LogP contribution in [0.1, 0.15) is 26.2 Å². The lowest BCUT2D eigenvalue weighted by molar-refractivity contribution is 0.161. The van der Waals surface area contributed by atoms with Gasteiger partial charge in [-0.15, -0.1) is 0 Å². The Labute approximate surface area is 122 Å². The molecule has 4 nitrogen and oxygen atoms in total. The quantitative estimate of drug-likeness (QED) is 0.838. The van der Waals surface area contributed by atoms with Crippen LogP contribution in [-0.2, 0) is 0 Å². The second-order valence-corrected chi connectivity index (χ2v) is 5.61. The standard InChI is InChI=1S/C16H27N3O/c1-13(7-10-17)19-11-8-15(9-12-19)18-14-3-5-16(20-2)6-4-14/h3-6,13,15,18H,7-12,17H2,1-2H3. The highest BCUT2D eigenvalue weighted by Crippen LogP contribution is 2.20. The zero-order valence-corrected chi connectivity index (χ0v) is 12.6. The van der Waals surface area contributed by atoms with Gasteiger partial charge in [-0.2, -0.15) is 0 Å². The van der Waals surface area contributed by atoms with Crippen LogP contribution in [-0.4, -0.2) is 43.7 Å². The lowest BCUT2D eigenvalue weighted by Gasteiger charge is -2.36. The van der Waals surface area contributed by atoms with Gasteiger partial charge in [0.15, 0.2) is 0 Å². The number of likely N-dealkylation sites (tertiary alicyclic amines) is 1. The minimum Gasteiger partial charge on any atom is -0.497 e. The first kappa shape index (κ1) is 15.1. The molecular formula is C16H27N3O. The van der Waals surface area contributed by atoms with Gasteiger partial charge >= 0.3 is 0 Å². The number of hydrogen-bond donors (Lipinski definition) is 2. The van der Waals surface area contributed by atoms with Crippen LogP contribution < -0.4 is 15.8 Å². The lowest BCUT2D eigenvalue weighted by atomic mass is 10.0. The number of rotatable bonds is 6. The molecule has 20 heavy (non-hydrogen) atoms. The highest BCUT2D eigenvalue weighted by atomic mass is 16.5. The number of methoxy groups -OCH3 is 1. The van der Waals surface area contributed by atoms with Gasteiger partial charge in [0.05, 0.1) is 7.11 Å². The summed E-state index contributed by atoms with van der Waals surface area (Å²) >= 11 is 0. The van der Waals surface area contributed by atoms with E-state index in [1.165, 1.54) is 18.5 Å². The van der Waals surface area contributed by atoms with E-state index in [1.54, 1.807) is 7.11 Å². The van der Waals surface area contributed by atoms with Crippen LogP contribution in [0.5, 0.6) is 5.75 Å². The molecule has 0 bridgehead atoms. The molecule has 0 saturated carbocycles. The highest BCUT2D eigenvalue weighted by Gasteiger charge is 2.22. The Morgan fingerprint density at radius 2 is 1.95 bits per heavy atom. The summed E-state index contributed by atoms with van der Waals surface area (Å²) in [6, 6.07) is 9.36. The summed E-state index contributed by atoms with van der Waals surface area (Å²) in [5, 5.41) is 3.62. The van der Waals surface area contributed by atoms with Gasteiger partial charge in [0.1, 0.15) is 5.75 Å². The monoisotopic (exact) mass is 277 g/mol. The maximum atomic E-state index is 5.64. The third kappa shape index (κ3) is 4.12. The van der Waals surface area contributed by atoms with Gasteiger partial charge in [-0.25, -0.2) is 0 Å². The first-order chi connectivity index (χ1) is 9.72. The van der Waals surface area contributed by atoms with Gasteiger partial charge in [0, 0.05) is 30.9 Å². The van der Waals surface area contributed by atoms with E-state index in [-0.39, 0.29) is 0 Å². The van der Waals surface area contributed by atoms with Crippen LogP contribution in [0.25, 0.3) is 0 Å². The first-order valence-corrected chi connectivity index (χ1v) is 7.57. The van der Waals surface area contributed by atoms with Crippen molar-refractivity contribution in [1.29, 1.82) is 0 Å². The summed E-state index contributed by atoms with van der Waals surface area (Å²) in [6.45, 7) is 5.39. The van der Waals surface area contributed by atoms with E-state index in [4.69, 9.17) is 10.5 Å². The molecule has 1 aliphatic heterocycles. The van der Waals surface area contributed by atoms with Crippen LogP contribution in [0.15, 0.2) is 24.3 Å². The predicted molar refractivity (Wildman–Crippen MR) is 84.3 cm³/mol. The van der Waals surface area contributed by atoms with Gasteiger partial charge in [-0.1, -0.05) is 0 Å². The van der Waals surface area contributed by atoms with E-state index < -0.39 is 0 Å². The van der Waals surface area contributed by atoms with Crippen molar-refractivity contribution in [1.82, 2.24) is 4.90 Å². The SMILES string of the molecule is COc1ccc(NC2CCN(C(C)CCN)CC2)cc1. The van der Waals surface area contributed by atoms with Crippen molar-refractivity contribution in [3.05, 3.63) is 24.3 Å². The molecule has 0 radical (unpaired) electrons. The van der Waals surface area contributed by atoms with E-state index in [0.717, 1.165) is 31.8 Å². The number of hydrogen-bond acceptors (Lipinski definition) is 4. The molecule has 1 heterocycles. The van der Waals surface area contributed by atoms with Crippen LogP contribution in [0.3, 0.4) is 0 Å². The maximum absolute atomic E-state index is 5.64. The zero-order chi connectivity index (χ0) is 14.4. The van der Waals surface area contributed by atoms with Crippen molar-refractivity contribution in [2.45, 2.75) is 38.3 Å². The van der Waals surface area contributed by atoms with Crippen molar-refractivity contribution < 1.29 is 4.74 Å². The summed E-state index contributed by atoms with van der Waals surface area (Å²) in [7, 11) is 1.70. The van der Waals surface area contributed by atoms with Gasteiger partial charge < -0.3 is 20.7 Å². The van der Waals surface area contributed by atoms with E-state index in [9.17, 15) is 0 Å². The Bertz CT molecular complexity index is 385. The Hall–Kier alpha value is -1.26. The molecular weight excluding hydrogens is 250 g/mol. The third-order valence-corrected chi connectivity index (χ3v) is 4.20. The third-order valence-electron chi connectivity index (χ3n) is 4.20. The van der Waals surface area contributed by atoms with Crippen molar-refractivity contribution in [3.63, 3.8) is 0 Å². The summed E-state index contributed by atoms with van der Waals surface area (Å²) < 4.78 is 5.18. The molecule has 1 fully saturated rings. The van der Waals surface area contributed by atoms with Crippen LogP contribution in [0.4, 0.5) is 5.69 Å². The smallest absolute Gasteiger partial charge is 0.119 e. The number of nitrogens with two attached hydrogens (primary N) is 1. The largest absolute Gasteiger partial charge is 0.497 e. The zero-order valence-electron chi connectivity index (χ0n) is 12.6. The number of nitrogens with one attached hydrogen (secondary N) is 1. The van der Waals surface area contributed by atoms with Crippen molar-refractivity contribution in [3.8, 4) is 5.75 Å². The van der Waals surface area contributed by atoms with Gasteiger partial charge in [-0.05, 0) is 57.0 Å². The van der Waals surface area contributed by atoms with Crippen molar-refractivity contribution in [2.75, 3.05) is 32.1 Å². The van der Waals surface area contributed by atoms with Crippen molar-refractivity contribution in [2.24, 2.45) is 5.73 Å². The van der Waals surface area contributed by atoms with E-state index >= 15 is 0 Å². The molecule has 0 spiro atoms. The topological polar surface area (TPSA) is 50.5 Å². The predicted octanol–water partition coefficient (Wildman–Crippen LogP) is 2.31. The Balaban J connectivity index is 1.78. The highest BCUT2D eigenvalue weighted by molar-refractivity contribution is 5.47. The molecule has 112 valence electrons. The Morgan fingerprint density at radius 3 is 2.50 bits per heavy atom. The fraction of sp³-hybridized carbons (Fsp3) is 0.625. The number of anilines is 1. The Kier molecular flexibility index (Phi) is 5.68. The molecule has 0 aromatic heterocycles. The summed E-state index contributed by atoms with van der Waals surface area (Å²) in [5.74, 6) is 0.904. The fourth-order valence-corrected chi connectivity index (χ4v) is 2.83. The first-order valence-electron chi connectivity index (χ1n) is 7.57. The number of nitrogens with zero attached hydrogens (tertiary/aromatic N) is 1. The maximum Gasteiger partial charge on any atom is 0.119 e. The summed E-state index contributed by atoms with van der Waals surface area (Å²) in [4.78, 5) is 2.55. The number of ether oxygens (including phenoxy) is 1. The molecule has 1 atom stereocenters. The second kappa shape index (κ2) is 7.50. The van der Waals surface area contributed by atoms with E-state index in [1.807, 2.05) is 12.1 Å². The Morgan fingerprint density at radius 1 is 1.30 bits per heavy atom. The molecule has 1 aromatic carbocycles. The fourth-order valence-electron chi connectivity index (χ4n) is 2.83. The molecule has 0 amide bonds. The molecule has 1 unspecified atom stereocenters. The minimum absolute atomic E-state index is 0.574. The second-order valence-electron chi connectivity index (χ2n) is 5.61. The average Bonchev–Trinajstić information content (AvgIpc) is 2.49. The summed E-state index contributed by atoms with van der Waals surface area (Å²) in [6.07, 6.45) is 3.48.